The molecule has 0 saturated heterocycles. The zero-order valence-corrected chi connectivity index (χ0v) is 20.3. The van der Waals surface area contributed by atoms with Crippen molar-refractivity contribution < 1.29 is 4.79 Å². The number of carbonyl (C=O) groups excluding carboxylic acids is 1. The number of carbonyl (C=O) groups is 1. The molecule has 3 aromatic rings. The van der Waals surface area contributed by atoms with Crippen molar-refractivity contribution in [2.45, 2.75) is 66.5 Å². The van der Waals surface area contributed by atoms with E-state index in [1.165, 1.54) is 31.7 Å². The van der Waals surface area contributed by atoms with Crippen molar-refractivity contribution in [2.24, 2.45) is 0 Å². The maximum Gasteiger partial charge on any atom is 0.330 e. The van der Waals surface area contributed by atoms with E-state index in [1.807, 2.05) is 27.7 Å². The Hall–Kier alpha value is -3.21. The molecule has 0 aliphatic heterocycles. The summed E-state index contributed by atoms with van der Waals surface area (Å²) in [6.07, 6.45) is 3.55. The predicted octanol–water partition coefficient (Wildman–Crippen LogP) is 2.14. The third-order valence-electron chi connectivity index (χ3n) is 5.69. The number of aromatic amines is 1. The van der Waals surface area contributed by atoms with Gasteiger partial charge in [0.2, 0.25) is 5.91 Å². The van der Waals surface area contributed by atoms with Crippen molar-refractivity contribution in [1.82, 2.24) is 19.1 Å². The number of unbranched alkanes of at least 4 members (excludes halogenated alkanes) is 1. The molecule has 0 aliphatic rings. The van der Waals surface area contributed by atoms with E-state index in [4.69, 9.17) is 5.73 Å². The van der Waals surface area contributed by atoms with Crippen molar-refractivity contribution in [3.8, 4) is 0 Å². The molecule has 3 heterocycles. The lowest BCUT2D eigenvalue weighted by Crippen LogP contribution is -2.42. The molecule has 0 aliphatic carbocycles. The summed E-state index contributed by atoms with van der Waals surface area (Å²) in [6, 6.07) is 0. The maximum atomic E-state index is 13.2. The normalized spacial score (nSPS) is 11.3. The molecule has 0 aromatic carbocycles. The molecule has 33 heavy (non-hydrogen) atoms. The first kappa shape index (κ1) is 24.4. The first-order valence-electron chi connectivity index (χ1n) is 11.1. The van der Waals surface area contributed by atoms with E-state index in [1.54, 1.807) is 0 Å². The number of hydrogen-bond acceptors (Lipinski definition) is 7. The average molecular weight is 475 g/mol. The van der Waals surface area contributed by atoms with Gasteiger partial charge in [0.15, 0.2) is 5.69 Å². The number of aryl methyl sites for hydroxylation is 3. The van der Waals surface area contributed by atoms with Gasteiger partial charge >= 0.3 is 5.69 Å². The minimum atomic E-state index is -0.698. The topological polar surface area (TPSA) is 136 Å². The smallest absolute Gasteiger partial charge is 0.330 e. The van der Waals surface area contributed by atoms with Crippen LogP contribution in [0.15, 0.2) is 20.7 Å². The molecule has 3 aromatic heterocycles. The van der Waals surface area contributed by atoms with E-state index >= 15 is 0 Å². The van der Waals surface area contributed by atoms with Crippen molar-refractivity contribution in [3.05, 3.63) is 48.0 Å². The Bertz CT molecular complexity index is 1350. The van der Waals surface area contributed by atoms with Gasteiger partial charge in [0.05, 0.1) is 11.7 Å². The van der Waals surface area contributed by atoms with E-state index in [0.717, 1.165) is 16.9 Å². The molecular weight excluding hydrogens is 444 g/mol. The number of fused-ring (bicyclic) bond motifs is 1. The molecule has 0 spiro atoms. The summed E-state index contributed by atoms with van der Waals surface area (Å²) in [5.41, 5.74) is 5.58. The van der Waals surface area contributed by atoms with E-state index in [9.17, 15) is 19.2 Å². The fraction of sp³-hybridized carbons (Fsp3) is 0.500. The third-order valence-corrected chi connectivity index (χ3v) is 6.81. The summed E-state index contributed by atoms with van der Waals surface area (Å²) in [4.78, 5) is 60.6. The summed E-state index contributed by atoms with van der Waals surface area (Å²) >= 11 is 1.47. The molecule has 1 amide bonds. The number of thiophene rings is 1. The average Bonchev–Trinajstić information content (AvgIpc) is 3.06. The lowest BCUT2D eigenvalue weighted by Gasteiger charge is -2.24. The number of rotatable bonds is 9. The molecule has 0 bridgehead atoms. The molecule has 3 N–H and O–H groups in total. The lowest BCUT2D eigenvalue weighted by atomic mass is 10.2. The van der Waals surface area contributed by atoms with Crippen LogP contribution in [0.5, 0.6) is 0 Å². The second-order valence-corrected chi connectivity index (χ2v) is 9.20. The maximum absolute atomic E-state index is 13.2. The van der Waals surface area contributed by atoms with Crippen LogP contribution in [-0.2, 0) is 17.9 Å². The third kappa shape index (κ3) is 4.77. The number of anilines is 2. The summed E-state index contributed by atoms with van der Waals surface area (Å²) in [6.45, 7) is 8.41. The highest BCUT2D eigenvalue weighted by Gasteiger charge is 2.24. The molecule has 10 nitrogen and oxygen atoms in total. The lowest BCUT2D eigenvalue weighted by molar-refractivity contribution is -0.118. The van der Waals surface area contributed by atoms with Crippen molar-refractivity contribution in [3.63, 3.8) is 0 Å². The molecule has 11 heteroatoms. The molecule has 0 unspecified atom stereocenters. The molecule has 0 fully saturated rings. The standard InChI is InChI=1S/C22H30N6O4S/c1-5-7-10-28-18(23)17(19(30)25-22(28)32)27(9-6-2)15(29)8-11-26-12-24-20-16(21(26)31)13(3)14(4)33-20/h12H,5-11,23H2,1-4H3,(H,25,30,32). The van der Waals surface area contributed by atoms with Crippen LogP contribution in [0.4, 0.5) is 11.5 Å². The van der Waals surface area contributed by atoms with Gasteiger partial charge < -0.3 is 10.6 Å². The van der Waals surface area contributed by atoms with Gasteiger partial charge in [-0.25, -0.2) is 9.78 Å². The fourth-order valence-corrected chi connectivity index (χ4v) is 4.73. The Morgan fingerprint density at radius 2 is 1.91 bits per heavy atom. The van der Waals surface area contributed by atoms with E-state index in [0.29, 0.717) is 29.6 Å². The Kier molecular flexibility index (Phi) is 7.52. The Morgan fingerprint density at radius 3 is 2.58 bits per heavy atom. The summed E-state index contributed by atoms with van der Waals surface area (Å²) in [5, 5.41) is 0.571. The molecular formula is C22H30N6O4S. The SMILES string of the molecule is CCCCn1c(N)c(N(CCC)C(=O)CCn2cnc3sc(C)c(C)c3c2=O)c(=O)[nH]c1=O. The highest BCUT2D eigenvalue weighted by Crippen LogP contribution is 2.25. The van der Waals surface area contributed by atoms with Crippen molar-refractivity contribution >= 4 is 39.0 Å². The van der Waals surface area contributed by atoms with Crippen LogP contribution < -0.4 is 27.4 Å². The second kappa shape index (κ2) is 10.2. The quantitative estimate of drug-likeness (QED) is 0.488. The first-order valence-corrected chi connectivity index (χ1v) is 11.9. The molecule has 178 valence electrons. The number of hydrogen-bond donors (Lipinski definition) is 2. The summed E-state index contributed by atoms with van der Waals surface area (Å²) in [5.74, 6) is -0.386. The van der Waals surface area contributed by atoms with Crippen LogP contribution in [0.25, 0.3) is 10.2 Å². The van der Waals surface area contributed by atoms with E-state index < -0.39 is 11.2 Å². The van der Waals surface area contributed by atoms with Crippen LogP contribution >= 0.6 is 11.3 Å². The fourth-order valence-electron chi connectivity index (χ4n) is 3.74. The Labute approximate surface area is 194 Å². The largest absolute Gasteiger partial charge is 0.383 e. The highest BCUT2D eigenvalue weighted by molar-refractivity contribution is 7.18. The monoisotopic (exact) mass is 474 g/mol. The number of nitrogen functional groups attached to an aromatic ring is 1. The number of nitrogens with zero attached hydrogens (tertiary/aromatic N) is 4. The minimum absolute atomic E-state index is 0.0244. The number of nitrogens with one attached hydrogen (secondary N) is 1. The Morgan fingerprint density at radius 1 is 1.18 bits per heavy atom. The molecule has 3 rings (SSSR count). The van der Waals surface area contributed by atoms with E-state index in [-0.39, 0.29) is 42.5 Å². The second-order valence-electron chi connectivity index (χ2n) is 8.00. The van der Waals surface area contributed by atoms with Crippen LogP contribution in [0.2, 0.25) is 0 Å². The summed E-state index contributed by atoms with van der Waals surface area (Å²) < 4.78 is 2.71. The van der Waals surface area contributed by atoms with Gasteiger partial charge in [-0.2, -0.15) is 0 Å². The predicted molar refractivity (Wildman–Crippen MR) is 131 cm³/mol. The molecule has 0 saturated carbocycles. The van der Waals surface area contributed by atoms with Gasteiger partial charge in [0.1, 0.15) is 10.6 Å². The van der Waals surface area contributed by atoms with Crippen LogP contribution in [0.3, 0.4) is 0 Å². The highest BCUT2D eigenvalue weighted by atomic mass is 32.1. The van der Waals surface area contributed by atoms with Crippen molar-refractivity contribution in [2.75, 3.05) is 17.2 Å². The molecule has 0 radical (unpaired) electrons. The summed E-state index contributed by atoms with van der Waals surface area (Å²) in [7, 11) is 0. The van der Waals surface area contributed by atoms with Gasteiger partial charge in [-0.1, -0.05) is 20.3 Å². The molecule has 0 atom stereocenters. The number of nitrogens with two attached hydrogens (primary N) is 1. The van der Waals surface area contributed by atoms with E-state index in [2.05, 4.69) is 9.97 Å². The van der Waals surface area contributed by atoms with Gasteiger partial charge in [-0.05, 0) is 32.3 Å². The van der Waals surface area contributed by atoms with Gasteiger partial charge in [0, 0.05) is 30.9 Å². The van der Waals surface area contributed by atoms with Gasteiger partial charge in [-0.15, -0.1) is 11.3 Å². The van der Waals surface area contributed by atoms with Crippen molar-refractivity contribution in [1.29, 1.82) is 0 Å². The number of aromatic nitrogens is 4. The van der Waals surface area contributed by atoms with Crippen LogP contribution in [0.1, 0.15) is 50.0 Å². The zero-order valence-electron chi connectivity index (χ0n) is 19.4. The Balaban J connectivity index is 1.92. The number of H-pyrrole nitrogens is 1. The minimum Gasteiger partial charge on any atom is -0.383 e. The van der Waals surface area contributed by atoms with Gasteiger partial charge in [0.25, 0.3) is 11.1 Å². The number of amides is 1. The zero-order chi connectivity index (χ0) is 24.3. The van der Waals surface area contributed by atoms with Crippen LogP contribution in [-0.4, -0.2) is 31.6 Å². The first-order chi connectivity index (χ1) is 15.7. The van der Waals surface area contributed by atoms with Crippen LogP contribution in [0, 0.1) is 13.8 Å². The van der Waals surface area contributed by atoms with Gasteiger partial charge in [-0.3, -0.25) is 28.5 Å².